The number of anilines is 1. The summed E-state index contributed by atoms with van der Waals surface area (Å²) in [5.41, 5.74) is 6.78. The maximum absolute atomic E-state index is 13.1. The van der Waals surface area contributed by atoms with E-state index in [1.807, 2.05) is 10.8 Å². The highest BCUT2D eigenvalue weighted by Crippen LogP contribution is 2.32. The maximum Gasteiger partial charge on any atom is 0.421 e. The van der Waals surface area contributed by atoms with E-state index in [4.69, 9.17) is 15.2 Å². The van der Waals surface area contributed by atoms with Gasteiger partial charge in [0, 0.05) is 33.6 Å². The number of primary amides is 1. The number of hydrogen-bond acceptors (Lipinski definition) is 10. The molecule has 4 rings (SSSR count). The summed E-state index contributed by atoms with van der Waals surface area (Å²) in [5, 5.41) is 2.27. The first-order valence-corrected chi connectivity index (χ1v) is 18.4. The molecule has 1 aromatic carbocycles. The minimum atomic E-state index is -3.63. The van der Waals surface area contributed by atoms with E-state index < -0.39 is 61.6 Å². The Bertz CT molecular complexity index is 1590. The Hall–Kier alpha value is -3.90. The minimum Gasteiger partial charge on any atom is -0.445 e. The molecular formula is C29H42N6O10S2. The van der Waals surface area contributed by atoms with Crippen LogP contribution in [-0.4, -0.2) is 108 Å². The van der Waals surface area contributed by atoms with Gasteiger partial charge >= 0.3 is 18.2 Å². The van der Waals surface area contributed by atoms with Crippen molar-refractivity contribution < 1.29 is 45.5 Å². The molecular weight excluding hydrogens is 656 g/mol. The fraction of sp³-hybridized carbons (Fsp3) is 0.586. The first kappa shape index (κ1) is 35.9. The molecule has 16 nitrogen and oxygen atoms in total. The van der Waals surface area contributed by atoms with Crippen LogP contribution in [0.15, 0.2) is 35.2 Å². The van der Waals surface area contributed by atoms with Crippen molar-refractivity contribution in [3.63, 3.8) is 0 Å². The second kappa shape index (κ2) is 15.3. The molecule has 0 aromatic heterocycles. The fourth-order valence-corrected chi connectivity index (χ4v) is 7.47. The monoisotopic (exact) mass is 698 g/mol. The lowest BCUT2D eigenvalue weighted by Crippen LogP contribution is -2.48. The van der Waals surface area contributed by atoms with Crippen LogP contribution in [0.3, 0.4) is 0 Å². The Morgan fingerprint density at radius 2 is 1.81 bits per heavy atom. The average Bonchev–Trinajstić information content (AvgIpc) is 3.66. The highest BCUT2D eigenvalue weighted by Gasteiger charge is 2.41. The van der Waals surface area contributed by atoms with Gasteiger partial charge in [-0.25, -0.2) is 40.2 Å². The highest BCUT2D eigenvalue weighted by molar-refractivity contribution is 7.91. The van der Waals surface area contributed by atoms with Crippen molar-refractivity contribution in [2.45, 2.75) is 73.7 Å². The van der Waals surface area contributed by atoms with Crippen molar-refractivity contribution in [1.82, 2.24) is 19.2 Å². The molecule has 18 heteroatoms. The van der Waals surface area contributed by atoms with Crippen LogP contribution in [0.4, 0.5) is 20.1 Å². The van der Waals surface area contributed by atoms with E-state index >= 15 is 0 Å². The molecule has 0 bridgehead atoms. The van der Waals surface area contributed by atoms with Crippen LogP contribution in [0.1, 0.15) is 50.5 Å². The number of nitrogens with two attached hydrogens (primary N) is 1. The summed E-state index contributed by atoms with van der Waals surface area (Å²) in [5.74, 6) is -0.711. The van der Waals surface area contributed by atoms with Crippen molar-refractivity contribution >= 4 is 49.9 Å². The molecule has 5 amide bonds. The number of allylic oxidation sites excluding steroid dienone is 1. The van der Waals surface area contributed by atoms with Gasteiger partial charge in [0.1, 0.15) is 18.8 Å². The number of ether oxygens (including phenoxy) is 2. The lowest BCUT2D eigenvalue weighted by molar-refractivity contribution is -0.121. The van der Waals surface area contributed by atoms with Crippen LogP contribution >= 0.6 is 0 Å². The zero-order valence-corrected chi connectivity index (χ0v) is 28.1. The fourth-order valence-electron chi connectivity index (χ4n) is 5.30. The quantitative estimate of drug-likeness (QED) is 0.188. The summed E-state index contributed by atoms with van der Waals surface area (Å²) in [6.45, 7) is 0.585. The SMILES string of the molecule is CN(C)S(=O)(=O)c1ccc2c(c1)CCN2C(=O)O[C@@H]1C[C@@H](C(N)=O)N(C(=O)NCCCCC/C=C\COC(=O)NS(=O)(=O)C2CC2)C1. The Morgan fingerprint density at radius 1 is 1.06 bits per heavy atom. The first-order valence-electron chi connectivity index (χ1n) is 15.4. The van der Waals surface area contributed by atoms with E-state index in [0.29, 0.717) is 56.4 Å². The number of likely N-dealkylation sites (tertiary alicyclic amines) is 1. The molecule has 260 valence electrons. The number of unbranched alkanes of at least 4 members (excludes halogenated alkanes) is 3. The third kappa shape index (κ3) is 9.35. The number of carbonyl (C=O) groups excluding carboxylic acids is 4. The number of amides is 5. The Kier molecular flexibility index (Phi) is 11.7. The predicted octanol–water partition coefficient (Wildman–Crippen LogP) is 1.41. The standard InChI is InChI=1S/C29H42N6O10S2/c1-33(2)47(42,43)23-11-12-24-20(17-23)13-15-34(24)29(39)45-21-18-25(26(30)36)35(19-21)27(37)31-14-7-5-3-4-6-8-16-44-28(38)32-46(40,41)22-9-10-22/h6,8,11-12,17,21-22,25H,3-5,7,9-10,13-16,18-19H2,1-2H3,(H2,30,36)(H,31,37)(H,32,38)/b8-6-/t21-,25+/m1/s1. The van der Waals surface area contributed by atoms with Gasteiger partial charge in [-0.3, -0.25) is 9.69 Å². The Labute approximate surface area is 274 Å². The zero-order chi connectivity index (χ0) is 34.4. The summed E-state index contributed by atoms with van der Waals surface area (Å²) in [6.07, 6.45) is 5.57. The molecule has 3 aliphatic rings. The summed E-state index contributed by atoms with van der Waals surface area (Å²) in [6, 6.07) is 3.12. The van der Waals surface area contributed by atoms with E-state index in [-0.39, 0.29) is 24.5 Å². The van der Waals surface area contributed by atoms with Gasteiger partial charge in [-0.1, -0.05) is 18.6 Å². The Morgan fingerprint density at radius 3 is 2.49 bits per heavy atom. The molecule has 2 atom stereocenters. The van der Waals surface area contributed by atoms with Gasteiger partial charge in [-0.15, -0.1) is 0 Å². The van der Waals surface area contributed by atoms with Crippen molar-refractivity contribution in [2.75, 3.05) is 45.2 Å². The lowest BCUT2D eigenvalue weighted by atomic mass is 10.2. The van der Waals surface area contributed by atoms with E-state index in [1.54, 1.807) is 18.2 Å². The van der Waals surface area contributed by atoms with Crippen LogP contribution in [0.2, 0.25) is 0 Å². The third-order valence-electron chi connectivity index (χ3n) is 8.05. The normalized spacial score (nSPS) is 19.6. The molecule has 0 unspecified atom stereocenters. The van der Waals surface area contributed by atoms with Crippen LogP contribution in [-0.2, 0) is 40.7 Å². The molecule has 4 N–H and O–H groups in total. The molecule has 2 fully saturated rings. The van der Waals surface area contributed by atoms with Crippen LogP contribution in [0.5, 0.6) is 0 Å². The molecule has 0 spiro atoms. The topological polar surface area (TPSA) is 215 Å². The Balaban J connectivity index is 1.15. The van der Waals surface area contributed by atoms with Gasteiger partial charge in [0.25, 0.3) is 0 Å². The van der Waals surface area contributed by atoms with Crippen molar-refractivity contribution in [3.8, 4) is 0 Å². The second-order valence-electron chi connectivity index (χ2n) is 11.8. The van der Waals surface area contributed by atoms with E-state index in [0.717, 1.165) is 17.1 Å². The van der Waals surface area contributed by atoms with Crippen molar-refractivity contribution in [1.29, 1.82) is 0 Å². The minimum absolute atomic E-state index is 0.0106. The van der Waals surface area contributed by atoms with Gasteiger partial charge < -0.3 is 25.4 Å². The van der Waals surface area contributed by atoms with Crippen molar-refractivity contribution in [3.05, 3.63) is 35.9 Å². The third-order valence-corrected chi connectivity index (χ3v) is 11.7. The number of hydrogen-bond donors (Lipinski definition) is 3. The molecule has 1 aliphatic carbocycles. The van der Waals surface area contributed by atoms with Crippen LogP contribution in [0.25, 0.3) is 0 Å². The molecule has 0 radical (unpaired) electrons. The first-order chi connectivity index (χ1) is 22.2. The number of carbonyl (C=O) groups is 4. The smallest absolute Gasteiger partial charge is 0.421 e. The van der Waals surface area contributed by atoms with Crippen LogP contribution < -0.4 is 20.7 Å². The number of urea groups is 1. The number of rotatable bonds is 14. The number of sulfonamides is 2. The predicted molar refractivity (Wildman–Crippen MR) is 170 cm³/mol. The number of fused-ring (bicyclic) bond motifs is 1. The average molecular weight is 699 g/mol. The molecule has 1 saturated carbocycles. The highest BCUT2D eigenvalue weighted by atomic mass is 32.2. The number of nitrogens with zero attached hydrogens (tertiary/aromatic N) is 3. The number of benzene rings is 1. The summed E-state index contributed by atoms with van der Waals surface area (Å²) < 4.78 is 61.8. The summed E-state index contributed by atoms with van der Waals surface area (Å²) >= 11 is 0. The lowest BCUT2D eigenvalue weighted by Gasteiger charge is -2.22. The molecule has 1 saturated heterocycles. The van der Waals surface area contributed by atoms with Gasteiger partial charge in [0.2, 0.25) is 26.0 Å². The van der Waals surface area contributed by atoms with Crippen LogP contribution in [0, 0.1) is 0 Å². The number of nitrogens with one attached hydrogen (secondary N) is 2. The molecule has 2 heterocycles. The molecule has 47 heavy (non-hydrogen) atoms. The largest absolute Gasteiger partial charge is 0.445 e. The van der Waals surface area contributed by atoms with E-state index in [9.17, 15) is 36.0 Å². The zero-order valence-electron chi connectivity index (χ0n) is 26.4. The maximum atomic E-state index is 13.1. The van der Waals surface area contributed by atoms with E-state index in [1.165, 1.54) is 30.0 Å². The van der Waals surface area contributed by atoms with Gasteiger partial charge in [0.15, 0.2) is 0 Å². The summed E-state index contributed by atoms with van der Waals surface area (Å²) in [7, 11) is -4.38. The second-order valence-corrected chi connectivity index (χ2v) is 15.9. The van der Waals surface area contributed by atoms with Gasteiger partial charge in [-0.2, -0.15) is 0 Å². The van der Waals surface area contributed by atoms with Crippen molar-refractivity contribution in [2.24, 2.45) is 5.73 Å². The molecule has 2 aliphatic heterocycles. The van der Waals surface area contributed by atoms with E-state index in [2.05, 4.69) is 5.32 Å². The molecule has 1 aromatic rings. The van der Waals surface area contributed by atoms with Gasteiger partial charge in [-0.05, 0) is 62.3 Å². The summed E-state index contributed by atoms with van der Waals surface area (Å²) in [4.78, 5) is 52.4. The van der Waals surface area contributed by atoms with Gasteiger partial charge in [0.05, 0.1) is 22.4 Å².